The maximum Gasteiger partial charge on any atom is 0.416 e. The molecule has 0 unspecified atom stereocenters. The number of aromatic nitrogens is 3. The van der Waals surface area contributed by atoms with Crippen LogP contribution < -0.4 is 10.6 Å². The summed E-state index contributed by atoms with van der Waals surface area (Å²) >= 11 is 1.39. The van der Waals surface area contributed by atoms with Crippen molar-refractivity contribution in [1.29, 1.82) is 0 Å². The number of carbonyl (C=O) groups is 2. The highest BCUT2D eigenvalue weighted by Crippen LogP contribution is 2.31. The van der Waals surface area contributed by atoms with Crippen LogP contribution in [0.15, 0.2) is 66.0 Å². The quantitative estimate of drug-likeness (QED) is 0.276. The molecule has 0 bridgehead atoms. The molecule has 0 spiro atoms. The Morgan fingerprint density at radius 3 is 2.46 bits per heavy atom. The number of urea groups is 1. The Hall–Kier alpha value is -4.19. The highest BCUT2D eigenvalue weighted by atomic mass is 32.1. The Morgan fingerprint density at radius 1 is 1.05 bits per heavy atom. The molecule has 202 valence electrons. The lowest BCUT2D eigenvalue weighted by Crippen LogP contribution is -2.40. The zero-order valence-electron chi connectivity index (χ0n) is 20.7. The number of nitrogens with one attached hydrogen (secondary N) is 3. The fraction of sp³-hybridized carbons (Fsp3) is 0.259. The number of H-pyrrole nitrogens is 1. The fourth-order valence-corrected chi connectivity index (χ4v) is 5.30. The monoisotopic (exact) mass is 554 g/mol. The number of benzene rings is 2. The number of halogens is 3. The third-order valence-electron chi connectivity index (χ3n) is 6.52. The van der Waals surface area contributed by atoms with Crippen molar-refractivity contribution in [2.24, 2.45) is 0 Å². The summed E-state index contributed by atoms with van der Waals surface area (Å²) in [7, 11) is 0. The van der Waals surface area contributed by atoms with Gasteiger partial charge in [-0.25, -0.2) is 9.78 Å². The van der Waals surface area contributed by atoms with E-state index in [0.29, 0.717) is 37.3 Å². The number of nitrogens with zero attached hydrogens (tertiary/aromatic N) is 3. The zero-order valence-corrected chi connectivity index (χ0v) is 21.5. The van der Waals surface area contributed by atoms with Crippen LogP contribution in [-0.4, -0.2) is 45.1 Å². The largest absolute Gasteiger partial charge is 0.416 e. The molecule has 4 aromatic rings. The Labute approximate surface area is 226 Å². The van der Waals surface area contributed by atoms with Gasteiger partial charge in [0.2, 0.25) is 0 Å². The molecule has 1 saturated heterocycles. The number of thiazole rings is 1. The number of carbonyl (C=O) groups excluding carboxylic acids is 2. The Bertz CT molecular complexity index is 1430. The number of anilines is 1. The van der Waals surface area contributed by atoms with Crippen LogP contribution in [0.1, 0.15) is 45.4 Å². The predicted molar refractivity (Wildman–Crippen MR) is 141 cm³/mol. The second-order valence-electron chi connectivity index (χ2n) is 9.17. The van der Waals surface area contributed by atoms with Gasteiger partial charge < -0.3 is 10.2 Å². The summed E-state index contributed by atoms with van der Waals surface area (Å²) in [6, 6.07) is 15.9. The van der Waals surface area contributed by atoms with Crippen molar-refractivity contribution in [3.05, 3.63) is 87.9 Å². The minimum absolute atomic E-state index is 0.0974. The molecule has 0 atom stereocenters. The Kier molecular flexibility index (Phi) is 7.64. The van der Waals surface area contributed by atoms with E-state index in [2.05, 4.69) is 25.8 Å². The lowest BCUT2D eigenvalue weighted by atomic mass is 9.98. The van der Waals surface area contributed by atoms with Crippen molar-refractivity contribution >= 4 is 29.1 Å². The van der Waals surface area contributed by atoms with E-state index in [4.69, 9.17) is 0 Å². The van der Waals surface area contributed by atoms with E-state index in [1.54, 1.807) is 16.3 Å². The standard InChI is InChI=1S/C27H25F3N6O2S/c28-27(29,30)20-8-6-17(7-9-20)15-31-24(37)22-16-39-25(32-22)19-10-12-36(13-11-19)26(38)33-23-14-21(34-35-23)18-4-2-1-3-5-18/h1-9,14,16,19H,10-13,15H2,(H,31,37)(H2,33,34,35,38). The Balaban J connectivity index is 1.09. The van der Waals surface area contributed by atoms with Crippen molar-refractivity contribution in [2.45, 2.75) is 31.5 Å². The highest BCUT2D eigenvalue weighted by molar-refractivity contribution is 7.09. The van der Waals surface area contributed by atoms with Gasteiger partial charge in [-0.3, -0.25) is 15.2 Å². The number of hydrogen-bond donors (Lipinski definition) is 3. The molecule has 3 heterocycles. The van der Waals surface area contributed by atoms with Crippen molar-refractivity contribution < 1.29 is 22.8 Å². The summed E-state index contributed by atoms with van der Waals surface area (Å²) < 4.78 is 38.1. The highest BCUT2D eigenvalue weighted by Gasteiger charge is 2.30. The summed E-state index contributed by atoms with van der Waals surface area (Å²) in [4.78, 5) is 31.5. The SMILES string of the molecule is O=C(NCc1ccc(C(F)(F)F)cc1)c1csc(C2CCN(C(=O)Nc3cc(-c4ccccc4)[nH]n3)CC2)n1. The van der Waals surface area contributed by atoms with Gasteiger partial charge in [0.15, 0.2) is 5.82 Å². The smallest absolute Gasteiger partial charge is 0.347 e. The predicted octanol–water partition coefficient (Wildman–Crippen LogP) is 5.89. The fourth-order valence-electron chi connectivity index (χ4n) is 4.33. The molecule has 8 nitrogen and oxygen atoms in total. The molecule has 12 heteroatoms. The molecule has 5 rings (SSSR count). The maximum absolute atomic E-state index is 12.7. The summed E-state index contributed by atoms with van der Waals surface area (Å²) in [5, 5.41) is 15.2. The van der Waals surface area contributed by atoms with Crippen molar-refractivity contribution in [1.82, 2.24) is 25.4 Å². The van der Waals surface area contributed by atoms with E-state index >= 15 is 0 Å². The molecule has 2 aromatic carbocycles. The first-order valence-electron chi connectivity index (χ1n) is 12.3. The summed E-state index contributed by atoms with van der Waals surface area (Å²) in [6.45, 7) is 1.18. The van der Waals surface area contributed by atoms with Gasteiger partial charge in [0.25, 0.3) is 5.91 Å². The second-order valence-corrected chi connectivity index (χ2v) is 10.1. The van der Waals surface area contributed by atoms with Crippen LogP contribution in [0.25, 0.3) is 11.3 Å². The molecule has 3 amide bonds. The third kappa shape index (κ3) is 6.45. The molecule has 1 fully saturated rings. The van der Waals surface area contributed by atoms with Gasteiger partial charge in [-0.15, -0.1) is 11.3 Å². The first-order valence-corrected chi connectivity index (χ1v) is 13.2. The average molecular weight is 555 g/mol. The first kappa shape index (κ1) is 26.4. The molecule has 0 aliphatic carbocycles. The van der Waals surface area contributed by atoms with Crippen LogP contribution >= 0.6 is 11.3 Å². The molecule has 0 radical (unpaired) electrons. The number of alkyl halides is 3. The van der Waals surface area contributed by atoms with Gasteiger partial charge in [-0.1, -0.05) is 42.5 Å². The average Bonchev–Trinajstić information content (AvgIpc) is 3.63. The minimum Gasteiger partial charge on any atom is -0.347 e. The molecular weight excluding hydrogens is 529 g/mol. The van der Waals surface area contributed by atoms with E-state index in [-0.39, 0.29) is 30.1 Å². The number of rotatable bonds is 6. The lowest BCUT2D eigenvalue weighted by molar-refractivity contribution is -0.137. The first-order chi connectivity index (χ1) is 18.8. The maximum atomic E-state index is 12.7. The number of aromatic amines is 1. The van der Waals surface area contributed by atoms with Crippen LogP contribution in [0.4, 0.5) is 23.8 Å². The van der Waals surface area contributed by atoms with E-state index in [1.165, 1.54) is 23.5 Å². The second kappa shape index (κ2) is 11.3. The van der Waals surface area contributed by atoms with Gasteiger partial charge in [0.05, 0.1) is 16.3 Å². The van der Waals surface area contributed by atoms with E-state index in [9.17, 15) is 22.8 Å². The van der Waals surface area contributed by atoms with Crippen LogP contribution in [0, 0.1) is 0 Å². The van der Waals surface area contributed by atoms with Gasteiger partial charge >= 0.3 is 12.2 Å². The minimum atomic E-state index is -4.40. The topological polar surface area (TPSA) is 103 Å². The molecule has 1 aliphatic rings. The van der Waals surface area contributed by atoms with E-state index < -0.39 is 11.7 Å². The molecular formula is C27H25F3N6O2S. The third-order valence-corrected chi connectivity index (χ3v) is 7.53. The van der Waals surface area contributed by atoms with E-state index in [0.717, 1.165) is 28.4 Å². The molecule has 1 aliphatic heterocycles. The van der Waals surface area contributed by atoms with Crippen LogP contribution in [0.3, 0.4) is 0 Å². The lowest BCUT2D eigenvalue weighted by Gasteiger charge is -2.30. The summed E-state index contributed by atoms with van der Waals surface area (Å²) in [5.41, 5.74) is 1.89. The Morgan fingerprint density at radius 2 is 1.77 bits per heavy atom. The zero-order chi connectivity index (χ0) is 27.4. The number of amides is 3. The van der Waals surface area contributed by atoms with Gasteiger partial charge in [-0.2, -0.15) is 18.3 Å². The van der Waals surface area contributed by atoms with Crippen molar-refractivity contribution in [3.63, 3.8) is 0 Å². The van der Waals surface area contributed by atoms with Crippen LogP contribution in [-0.2, 0) is 12.7 Å². The van der Waals surface area contributed by atoms with Gasteiger partial charge in [0.1, 0.15) is 5.69 Å². The van der Waals surface area contributed by atoms with Crippen molar-refractivity contribution in [3.8, 4) is 11.3 Å². The van der Waals surface area contributed by atoms with Gasteiger partial charge in [0, 0.05) is 37.0 Å². The number of likely N-dealkylation sites (tertiary alicyclic amines) is 1. The summed E-state index contributed by atoms with van der Waals surface area (Å²) in [6.07, 6.45) is -2.97. The van der Waals surface area contributed by atoms with Crippen LogP contribution in [0.2, 0.25) is 0 Å². The molecule has 3 N–H and O–H groups in total. The number of hydrogen-bond acceptors (Lipinski definition) is 5. The van der Waals surface area contributed by atoms with Gasteiger partial charge in [-0.05, 0) is 36.1 Å². The molecule has 0 saturated carbocycles. The van der Waals surface area contributed by atoms with Crippen LogP contribution in [0.5, 0.6) is 0 Å². The summed E-state index contributed by atoms with van der Waals surface area (Å²) in [5.74, 6) is 0.196. The normalized spacial score (nSPS) is 14.3. The molecule has 39 heavy (non-hydrogen) atoms. The van der Waals surface area contributed by atoms with Crippen molar-refractivity contribution in [2.75, 3.05) is 18.4 Å². The molecule has 2 aromatic heterocycles. The number of piperidine rings is 1. The van der Waals surface area contributed by atoms with E-state index in [1.807, 2.05) is 30.3 Å².